The number of nitrogens with zero attached hydrogens (tertiary/aromatic N) is 2. The van der Waals surface area contributed by atoms with Crippen LogP contribution in [0.25, 0.3) is 0 Å². The number of carboxylic acid groups (broad SMARTS) is 1. The summed E-state index contributed by atoms with van der Waals surface area (Å²) < 4.78 is 0. The van der Waals surface area contributed by atoms with Gasteiger partial charge in [0, 0.05) is 6.04 Å². The number of amides is 1. The molecule has 1 amide bonds. The zero-order valence-corrected chi connectivity index (χ0v) is 12.2. The van der Waals surface area contributed by atoms with Crippen LogP contribution in [0, 0.1) is 11.3 Å². The van der Waals surface area contributed by atoms with Gasteiger partial charge < -0.3 is 10.4 Å². The summed E-state index contributed by atoms with van der Waals surface area (Å²) in [6, 6.07) is 8.67. The van der Waals surface area contributed by atoms with Crippen molar-refractivity contribution >= 4 is 17.6 Å². The number of nitriles is 1. The van der Waals surface area contributed by atoms with Crippen LogP contribution in [-0.2, 0) is 9.59 Å². The Hall–Kier alpha value is -2.39. The second kappa shape index (κ2) is 8.02. The maximum atomic E-state index is 12.0. The fourth-order valence-corrected chi connectivity index (χ4v) is 1.86. The van der Waals surface area contributed by atoms with E-state index in [0.29, 0.717) is 11.3 Å². The smallest absolute Gasteiger partial charge is 0.317 e. The van der Waals surface area contributed by atoms with Crippen molar-refractivity contribution < 1.29 is 14.7 Å². The maximum absolute atomic E-state index is 12.0. The fraction of sp³-hybridized carbons (Fsp3) is 0.400. The van der Waals surface area contributed by atoms with Gasteiger partial charge in [0.2, 0.25) is 5.91 Å². The van der Waals surface area contributed by atoms with E-state index in [-0.39, 0.29) is 25.0 Å². The molecule has 0 spiro atoms. The third-order valence-corrected chi connectivity index (χ3v) is 3.22. The number of anilines is 1. The number of para-hydroxylation sites is 1. The Morgan fingerprint density at radius 2 is 2.05 bits per heavy atom. The van der Waals surface area contributed by atoms with E-state index in [1.165, 1.54) is 0 Å². The lowest BCUT2D eigenvalue weighted by molar-refractivity contribution is -0.139. The summed E-state index contributed by atoms with van der Waals surface area (Å²) in [4.78, 5) is 24.5. The second-order valence-corrected chi connectivity index (χ2v) is 4.76. The average Bonchev–Trinajstić information content (AvgIpc) is 2.45. The topological polar surface area (TPSA) is 93.4 Å². The third kappa shape index (κ3) is 5.24. The molecule has 0 heterocycles. The van der Waals surface area contributed by atoms with Gasteiger partial charge in [0.15, 0.2) is 0 Å². The molecule has 0 fully saturated rings. The van der Waals surface area contributed by atoms with Gasteiger partial charge in [-0.1, -0.05) is 19.1 Å². The lowest BCUT2D eigenvalue weighted by Gasteiger charge is -2.25. The van der Waals surface area contributed by atoms with E-state index in [1.54, 1.807) is 29.2 Å². The Bertz CT molecular complexity index is 551. The molecule has 2 N–H and O–H groups in total. The number of carbonyl (C=O) groups is 2. The summed E-state index contributed by atoms with van der Waals surface area (Å²) in [5, 5.41) is 20.5. The largest absolute Gasteiger partial charge is 0.480 e. The van der Waals surface area contributed by atoms with Gasteiger partial charge in [0.1, 0.15) is 6.07 Å². The summed E-state index contributed by atoms with van der Waals surface area (Å²) in [5.74, 6) is -1.31. The zero-order chi connectivity index (χ0) is 15.8. The fourth-order valence-electron chi connectivity index (χ4n) is 1.86. The lowest BCUT2D eigenvalue weighted by Crippen LogP contribution is -2.42. The molecular weight excluding hydrogens is 270 g/mol. The van der Waals surface area contributed by atoms with Gasteiger partial charge in [0.25, 0.3) is 0 Å². The van der Waals surface area contributed by atoms with Crippen LogP contribution >= 0.6 is 0 Å². The first kappa shape index (κ1) is 16.7. The summed E-state index contributed by atoms with van der Waals surface area (Å²) in [5.41, 5.74) is 0.809. The van der Waals surface area contributed by atoms with Crippen LogP contribution in [0.5, 0.6) is 0 Å². The molecule has 1 aromatic rings. The van der Waals surface area contributed by atoms with Crippen molar-refractivity contribution in [3.8, 4) is 6.07 Å². The van der Waals surface area contributed by atoms with Gasteiger partial charge in [-0.05, 0) is 25.5 Å². The van der Waals surface area contributed by atoms with Crippen LogP contribution in [0.1, 0.15) is 25.8 Å². The molecule has 21 heavy (non-hydrogen) atoms. The molecule has 0 saturated carbocycles. The molecular formula is C15H19N3O3. The van der Waals surface area contributed by atoms with E-state index in [4.69, 9.17) is 10.4 Å². The van der Waals surface area contributed by atoms with Gasteiger partial charge in [-0.3, -0.25) is 14.5 Å². The minimum atomic E-state index is -0.972. The van der Waals surface area contributed by atoms with Crippen molar-refractivity contribution in [3.05, 3.63) is 29.8 Å². The van der Waals surface area contributed by atoms with Gasteiger partial charge in [-0.2, -0.15) is 5.26 Å². The highest BCUT2D eigenvalue weighted by Crippen LogP contribution is 2.13. The van der Waals surface area contributed by atoms with E-state index >= 15 is 0 Å². The molecule has 112 valence electrons. The molecule has 0 radical (unpaired) electrons. The number of carboxylic acids is 1. The first-order valence-corrected chi connectivity index (χ1v) is 6.72. The number of carbonyl (C=O) groups excluding carboxylic acids is 1. The number of aliphatic carboxylic acids is 1. The van der Waals surface area contributed by atoms with Crippen LogP contribution in [0.15, 0.2) is 24.3 Å². The number of hydrogen-bond acceptors (Lipinski definition) is 4. The molecule has 0 aromatic heterocycles. The zero-order valence-electron chi connectivity index (χ0n) is 12.2. The van der Waals surface area contributed by atoms with Crippen LogP contribution in [0.3, 0.4) is 0 Å². The molecule has 0 bridgehead atoms. The Kier molecular flexibility index (Phi) is 6.37. The van der Waals surface area contributed by atoms with E-state index in [9.17, 15) is 9.59 Å². The van der Waals surface area contributed by atoms with E-state index in [2.05, 4.69) is 5.32 Å². The average molecular weight is 289 g/mol. The molecule has 6 nitrogen and oxygen atoms in total. The van der Waals surface area contributed by atoms with Gasteiger partial charge in [-0.15, -0.1) is 0 Å². The highest BCUT2D eigenvalue weighted by Gasteiger charge is 2.19. The predicted molar refractivity (Wildman–Crippen MR) is 78.7 cm³/mol. The predicted octanol–water partition coefficient (Wildman–Crippen LogP) is 1.68. The number of rotatable bonds is 7. The highest BCUT2D eigenvalue weighted by atomic mass is 16.4. The standard InChI is InChI=1S/C15H19N3O3/c1-3-11(2)18(10-15(20)21)9-14(19)17-13-7-5-4-6-12(13)8-16/h4-7,11H,3,9-10H2,1-2H3,(H,17,19)(H,20,21). The minimum absolute atomic E-state index is 0.0157. The van der Waals surface area contributed by atoms with Crippen molar-refractivity contribution in [1.82, 2.24) is 4.90 Å². The van der Waals surface area contributed by atoms with Crippen molar-refractivity contribution in [2.75, 3.05) is 18.4 Å². The number of nitrogens with one attached hydrogen (secondary N) is 1. The molecule has 1 unspecified atom stereocenters. The third-order valence-electron chi connectivity index (χ3n) is 3.22. The molecule has 6 heteroatoms. The summed E-state index contributed by atoms with van der Waals surface area (Å²) in [6.07, 6.45) is 0.745. The Labute approximate surface area is 124 Å². The van der Waals surface area contributed by atoms with Crippen LogP contribution < -0.4 is 5.32 Å². The quantitative estimate of drug-likeness (QED) is 0.796. The van der Waals surface area contributed by atoms with Crippen molar-refractivity contribution in [3.63, 3.8) is 0 Å². The second-order valence-electron chi connectivity index (χ2n) is 4.76. The number of benzene rings is 1. The summed E-state index contributed by atoms with van der Waals surface area (Å²) in [7, 11) is 0. The van der Waals surface area contributed by atoms with Crippen LogP contribution in [-0.4, -0.2) is 41.0 Å². The molecule has 0 aliphatic heterocycles. The molecule has 0 saturated heterocycles. The van der Waals surface area contributed by atoms with Crippen molar-refractivity contribution in [1.29, 1.82) is 5.26 Å². The van der Waals surface area contributed by atoms with E-state index in [1.807, 2.05) is 19.9 Å². The Balaban J connectivity index is 2.74. The lowest BCUT2D eigenvalue weighted by atomic mass is 10.2. The van der Waals surface area contributed by atoms with E-state index in [0.717, 1.165) is 6.42 Å². The van der Waals surface area contributed by atoms with Gasteiger partial charge >= 0.3 is 5.97 Å². The minimum Gasteiger partial charge on any atom is -0.480 e. The van der Waals surface area contributed by atoms with Gasteiger partial charge in [0.05, 0.1) is 24.3 Å². The monoisotopic (exact) mass is 289 g/mol. The number of hydrogen-bond donors (Lipinski definition) is 2. The van der Waals surface area contributed by atoms with E-state index < -0.39 is 5.97 Å². The Morgan fingerprint density at radius 3 is 2.62 bits per heavy atom. The van der Waals surface area contributed by atoms with Crippen molar-refractivity contribution in [2.45, 2.75) is 26.3 Å². The first-order chi connectivity index (χ1) is 9.97. The van der Waals surface area contributed by atoms with Crippen LogP contribution in [0.4, 0.5) is 5.69 Å². The summed E-state index contributed by atoms with van der Waals surface area (Å²) >= 11 is 0. The normalized spacial score (nSPS) is 11.7. The molecule has 0 aliphatic carbocycles. The summed E-state index contributed by atoms with van der Waals surface area (Å²) in [6.45, 7) is 3.59. The Morgan fingerprint density at radius 1 is 1.38 bits per heavy atom. The SMILES string of the molecule is CCC(C)N(CC(=O)O)CC(=O)Nc1ccccc1C#N. The molecule has 1 aromatic carbocycles. The first-order valence-electron chi connectivity index (χ1n) is 6.72. The van der Waals surface area contributed by atoms with Crippen LogP contribution in [0.2, 0.25) is 0 Å². The molecule has 1 rings (SSSR count). The highest BCUT2D eigenvalue weighted by molar-refractivity contribution is 5.93. The maximum Gasteiger partial charge on any atom is 0.317 e. The molecule has 1 atom stereocenters. The molecule has 0 aliphatic rings. The van der Waals surface area contributed by atoms with Crippen molar-refractivity contribution in [2.24, 2.45) is 0 Å². The van der Waals surface area contributed by atoms with Gasteiger partial charge in [-0.25, -0.2) is 0 Å².